The molecular weight excluding hydrogens is 1560 g/mol. The zero-order chi connectivity index (χ0) is 84.4. The van der Waals surface area contributed by atoms with Gasteiger partial charge in [0.15, 0.2) is 22.7 Å². The van der Waals surface area contributed by atoms with Crippen molar-refractivity contribution in [1.82, 2.24) is 0 Å². The number of thiophene rings is 2. The second-order valence-corrected chi connectivity index (χ2v) is 29.2. The minimum Gasteiger partial charge on any atom is -0.488 e. The summed E-state index contributed by atoms with van der Waals surface area (Å²) in [5.41, 5.74) is 8.33. The number of nitrogen functional groups attached to an aromatic ring is 2. The lowest BCUT2D eigenvalue weighted by Gasteiger charge is -2.33. The first-order valence-electron chi connectivity index (χ1n) is 36.5. The van der Waals surface area contributed by atoms with Crippen LogP contribution in [0.1, 0.15) is 84.7 Å². The van der Waals surface area contributed by atoms with Gasteiger partial charge in [0, 0.05) is 102 Å². The molecule has 2 aliphatic rings. The lowest BCUT2D eigenvalue weighted by atomic mass is 9.84. The lowest BCUT2D eigenvalue weighted by Crippen LogP contribution is -2.43. The number of benzene rings is 8. The summed E-state index contributed by atoms with van der Waals surface area (Å²) in [5.74, 6) is -1.83. The maximum atomic E-state index is 15.4. The molecule has 0 radical (unpaired) electrons. The van der Waals surface area contributed by atoms with E-state index < -0.39 is 80.5 Å². The third-order valence-corrected chi connectivity index (χ3v) is 21.3. The number of carbonyl (C=O) groups is 2. The van der Waals surface area contributed by atoms with Crippen LogP contribution in [0.25, 0.3) is 36.5 Å². The number of rotatable bonds is 28. The van der Waals surface area contributed by atoms with Crippen LogP contribution in [-0.4, -0.2) is 64.7 Å². The van der Waals surface area contributed by atoms with Gasteiger partial charge in [-0.25, -0.2) is 9.59 Å². The molecule has 0 saturated heterocycles. The van der Waals surface area contributed by atoms with E-state index in [4.69, 9.17) is 39.9 Å². The van der Waals surface area contributed by atoms with Gasteiger partial charge in [0.25, 0.3) is 11.2 Å². The second kappa shape index (κ2) is 37.0. The highest BCUT2D eigenvalue weighted by atomic mass is 32.1. The van der Waals surface area contributed by atoms with E-state index >= 15 is 26.3 Å². The van der Waals surface area contributed by atoms with Crippen molar-refractivity contribution in [3.8, 4) is 47.9 Å². The fraction of sp³-hybridized carbons (Fsp3) is 0.140. The molecule has 0 amide bonds. The van der Waals surface area contributed by atoms with Crippen molar-refractivity contribution in [2.24, 2.45) is 0 Å². The minimum absolute atomic E-state index is 0.0413. The Morgan fingerprint density at radius 1 is 0.437 bits per heavy atom. The largest absolute Gasteiger partial charge is 0.488 e. The van der Waals surface area contributed by atoms with Crippen LogP contribution in [-0.2, 0) is 49.8 Å². The highest BCUT2D eigenvalue weighted by Gasteiger charge is 2.66. The Kier molecular flexibility index (Phi) is 26.0. The summed E-state index contributed by atoms with van der Waals surface area (Å²) in [7, 11) is 3.65. The third kappa shape index (κ3) is 18.7. The number of allylic oxidation sites excluding steroid dienone is 4. The van der Waals surface area contributed by atoms with Crippen molar-refractivity contribution in [3.63, 3.8) is 0 Å². The lowest BCUT2D eigenvalue weighted by molar-refractivity contribution is -0.249. The van der Waals surface area contributed by atoms with Crippen molar-refractivity contribution < 1.29 is 64.4 Å². The summed E-state index contributed by atoms with van der Waals surface area (Å²) in [5, 5.41) is 59.1. The van der Waals surface area contributed by atoms with Crippen LogP contribution in [0.15, 0.2) is 275 Å². The molecule has 0 saturated carbocycles. The van der Waals surface area contributed by atoms with E-state index in [1.807, 2.05) is 145 Å². The van der Waals surface area contributed by atoms with Gasteiger partial charge < -0.3 is 49.7 Å². The number of esters is 2. The van der Waals surface area contributed by atoms with Crippen molar-refractivity contribution >= 4 is 93.8 Å². The first kappa shape index (κ1) is 83.4. The molecule has 10 aromatic rings. The number of ether oxygens (including phenoxy) is 6. The number of carbonyl (C=O) groups excluding carboxylic acids is 2. The van der Waals surface area contributed by atoms with E-state index in [0.717, 1.165) is 34.7 Å². The van der Waals surface area contributed by atoms with E-state index in [1.54, 1.807) is 97.1 Å². The number of nitrogens with two attached hydrogens (primary N) is 2. The third-order valence-electron chi connectivity index (χ3n) is 19.3. The van der Waals surface area contributed by atoms with Gasteiger partial charge in [-0.15, -0.1) is 22.7 Å². The number of nitrogens with zero attached hydrogens (tertiary/aromatic N) is 8. The van der Waals surface area contributed by atoms with E-state index in [9.17, 15) is 41.2 Å². The number of hydrogen-bond donors (Lipinski definition) is 2. The van der Waals surface area contributed by atoms with Crippen LogP contribution in [0, 0.1) is 68.0 Å². The standard InChI is InChI=1S/C93H68F6N10O8S2/c1-108(70-29-25-64(84(50-70)114-58-60-15-7-3-8-16-60)27-31-72-33-35-74(118-72)37-39-80-78(56-104)86(66(52-100)53-101)116-90(80,92(94,95)96)68-19-11-5-12-20-68)43-45-112-88(110)76-48-62(23-41-82(76)106)47-63-24-42-83(107)77(49-63)89(111)113-46-44-109(2)71-30-26-65(85(51-71)115-59-61-17-9-4-10-18-61)28-32-73-34-36-75(119-73)38-40-81-79(57-105)87(67(54-102)55-103)117-91(81,93(97,98)99)69-21-13-6-14-22-69/h3-42,48-51H,43-47,58-59,106-107H2,1-2H3/b31-27+,32-28+,39-37+,40-38+. The van der Waals surface area contributed by atoms with E-state index in [-0.39, 0.29) is 79.6 Å². The molecule has 4 heterocycles. The molecule has 4 N–H and O–H groups in total. The van der Waals surface area contributed by atoms with Crippen molar-refractivity contribution in [2.45, 2.75) is 43.2 Å². The zero-order valence-electron chi connectivity index (χ0n) is 63.4. The molecule has 2 aliphatic heterocycles. The maximum Gasteiger partial charge on any atom is 0.437 e. The Morgan fingerprint density at radius 2 is 0.782 bits per heavy atom. The first-order chi connectivity index (χ1) is 57.4. The van der Waals surface area contributed by atoms with Crippen molar-refractivity contribution in [1.29, 1.82) is 31.6 Å². The van der Waals surface area contributed by atoms with E-state index in [0.29, 0.717) is 53.3 Å². The molecule has 0 spiro atoms. The fourth-order valence-corrected chi connectivity index (χ4v) is 14.8. The summed E-state index contributed by atoms with van der Waals surface area (Å²) >= 11 is 2.49. The maximum absolute atomic E-state index is 15.4. The average molecular weight is 1630 g/mol. The van der Waals surface area contributed by atoms with Gasteiger partial charge in [-0.2, -0.15) is 57.9 Å². The van der Waals surface area contributed by atoms with Gasteiger partial charge in [0.05, 0.1) is 24.2 Å². The number of nitriles is 6. The van der Waals surface area contributed by atoms with Gasteiger partial charge in [0.2, 0.25) is 0 Å². The summed E-state index contributed by atoms with van der Waals surface area (Å²) in [4.78, 5) is 33.8. The molecule has 592 valence electrons. The Labute approximate surface area is 689 Å². The Balaban J connectivity index is 0.671. The Morgan fingerprint density at radius 3 is 1.12 bits per heavy atom. The number of likely N-dealkylation sites (N-methyl/N-ethyl adjacent to an activating group) is 2. The highest BCUT2D eigenvalue weighted by molar-refractivity contribution is 7.14. The summed E-state index contributed by atoms with van der Waals surface area (Å²) in [6.45, 7) is 0.858. The molecule has 0 aliphatic carbocycles. The quantitative estimate of drug-likeness (QED) is 0.0199. The highest BCUT2D eigenvalue weighted by Crippen LogP contribution is 2.58. The van der Waals surface area contributed by atoms with Gasteiger partial charge in [-0.1, -0.05) is 146 Å². The minimum atomic E-state index is -5.15. The average Bonchev–Trinajstić information content (AvgIpc) is 1.57. The molecule has 2 aromatic heterocycles. The predicted molar refractivity (Wildman–Crippen MR) is 443 cm³/mol. The SMILES string of the molecule is CN(CCOC(=O)c1cc(Cc2ccc(N)c(C(=O)OCCN(C)c3ccc(/C=C/c4ccc(/C=C/C5=C(C#N)C(=C(C#N)C#N)OC5(c5ccccc5)C(F)(F)F)s4)c(OCc4ccccc4)c3)c2)ccc1N)c1ccc(/C=C/c2ccc(/C=C/C3=C(C#N)C(=C(C#N)C#N)OC3(c3ccccc3)C(F)(F)F)s2)c(OCc2ccccc2)c1. The van der Waals surface area contributed by atoms with E-state index in [2.05, 4.69) is 0 Å². The molecule has 0 bridgehead atoms. The molecule has 119 heavy (non-hydrogen) atoms. The molecular formula is C93H68F6N10O8S2. The molecule has 26 heteroatoms. The monoisotopic (exact) mass is 1630 g/mol. The Hall–Kier alpha value is -15.1. The molecule has 12 rings (SSSR count). The van der Waals surface area contributed by atoms with Gasteiger partial charge >= 0.3 is 24.3 Å². The molecule has 8 aromatic carbocycles. The summed E-state index contributed by atoms with van der Waals surface area (Å²) in [6.07, 6.45) is 2.37. The van der Waals surface area contributed by atoms with Crippen LogP contribution in [0.4, 0.5) is 49.1 Å². The Bertz CT molecular complexity index is 5650. The van der Waals surface area contributed by atoms with E-state index in [1.165, 1.54) is 95.5 Å². The topological polar surface area (TPSA) is 291 Å². The zero-order valence-corrected chi connectivity index (χ0v) is 65.1. The molecule has 2 atom stereocenters. The van der Waals surface area contributed by atoms with Crippen molar-refractivity contribution in [3.05, 3.63) is 351 Å². The van der Waals surface area contributed by atoms with Crippen LogP contribution < -0.4 is 30.7 Å². The van der Waals surface area contributed by atoms with Gasteiger partial charge in [-0.3, -0.25) is 0 Å². The van der Waals surface area contributed by atoms with Crippen molar-refractivity contribution in [2.75, 3.05) is 61.7 Å². The number of halogens is 6. The second-order valence-electron chi connectivity index (χ2n) is 26.9. The summed E-state index contributed by atoms with van der Waals surface area (Å²) < 4.78 is 128. The predicted octanol–water partition coefficient (Wildman–Crippen LogP) is 19.9. The smallest absolute Gasteiger partial charge is 0.437 e. The number of anilines is 4. The molecule has 2 unspecified atom stereocenters. The number of alkyl halides is 6. The molecule has 0 fully saturated rings. The molecule has 18 nitrogen and oxygen atoms in total. The van der Waals surface area contributed by atoms with Crippen LogP contribution in [0.2, 0.25) is 0 Å². The fourth-order valence-electron chi connectivity index (χ4n) is 13.1. The van der Waals surface area contributed by atoms with Crippen LogP contribution in [0.3, 0.4) is 0 Å². The normalized spacial score (nSPS) is 15.2. The van der Waals surface area contributed by atoms with Gasteiger partial charge in [0.1, 0.15) is 85.5 Å². The first-order valence-corrected chi connectivity index (χ1v) is 38.1. The van der Waals surface area contributed by atoms with Gasteiger partial charge in [-0.05, 0) is 138 Å². The van der Waals surface area contributed by atoms with Crippen LogP contribution in [0.5, 0.6) is 11.5 Å². The number of hydrogen-bond acceptors (Lipinski definition) is 20. The van der Waals surface area contributed by atoms with Crippen LogP contribution >= 0.6 is 22.7 Å². The summed E-state index contributed by atoms with van der Waals surface area (Å²) in [6, 6.07) is 70.3.